The zero-order valence-corrected chi connectivity index (χ0v) is 18.5. The van der Waals surface area contributed by atoms with E-state index < -0.39 is 0 Å². The number of H-pyrrole nitrogens is 2. The van der Waals surface area contributed by atoms with Crippen LogP contribution in [0.15, 0.2) is 59.5 Å². The van der Waals surface area contributed by atoms with E-state index in [1.54, 1.807) is 0 Å². The van der Waals surface area contributed by atoms with Gasteiger partial charge in [-0.3, -0.25) is 9.69 Å². The molecule has 0 unspecified atom stereocenters. The quantitative estimate of drug-likeness (QED) is 0.474. The van der Waals surface area contributed by atoms with Gasteiger partial charge in [-0.05, 0) is 35.7 Å². The summed E-state index contributed by atoms with van der Waals surface area (Å²) in [7, 11) is 0. The van der Waals surface area contributed by atoms with Crippen LogP contribution in [-0.4, -0.2) is 26.4 Å². The monoisotopic (exact) mass is 428 g/mol. The number of hydrogen-bond acceptors (Lipinski definition) is 4. The zero-order chi connectivity index (χ0) is 22.1. The Kier molecular flexibility index (Phi) is 5.53. The van der Waals surface area contributed by atoms with Gasteiger partial charge in [-0.1, -0.05) is 44.2 Å². The smallest absolute Gasteiger partial charge is 0.254 e. The second kappa shape index (κ2) is 8.63. The maximum atomic E-state index is 12.5. The van der Waals surface area contributed by atoms with Crippen molar-refractivity contribution in [1.29, 1.82) is 0 Å². The zero-order valence-electron chi connectivity index (χ0n) is 18.5. The molecule has 6 nitrogen and oxygen atoms in total. The highest BCUT2D eigenvalue weighted by atomic mass is 16.5. The summed E-state index contributed by atoms with van der Waals surface area (Å²) in [4.78, 5) is 25.9. The lowest BCUT2D eigenvalue weighted by molar-refractivity contribution is 0.240. The van der Waals surface area contributed by atoms with Crippen molar-refractivity contribution >= 4 is 10.9 Å². The van der Waals surface area contributed by atoms with Gasteiger partial charge in [0.2, 0.25) is 0 Å². The van der Waals surface area contributed by atoms with Crippen LogP contribution in [0.1, 0.15) is 48.0 Å². The van der Waals surface area contributed by atoms with Gasteiger partial charge in [0.1, 0.15) is 18.2 Å². The summed E-state index contributed by atoms with van der Waals surface area (Å²) < 4.78 is 6.03. The first-order chi connectivity index (χ1) is 15.6. The topological polar surface area (TPSA) is 74.0 Å². The van der Waals surface area contributed by atoms with Gasteiger partial charge in [0.25, 0.3) is 5.56 Å². The highest BCUT2D eigenvalue weighted by Crippen LogP contribution is 2.27. The summed E-state index contributed by atoms with van der Waals surface area (Å²) in [5.74, 6) is 1.83. The van der Waals surface area contributed by atoms with Crippen LogP contribution in [0.3, 0.4) is 0 Å². The average molecular weight is 429 g/mol. The van der Waals surface area contributed by atoms with Gasteiger partial charge in [-0.15, -0.1) is 0 Å². The Bertz CT molecular complexity index is 1290. The van der Waals surface area contributed by atoms with E-state index in [1.165, 1.54) is 10.9 Å². The molecule has 2 aromatic carbocycles. The Balaban J connectivity index is 1.34. The lowest BCUT2D eigenvalue weighted by atomic mass is 10.0. The molecule has 3 heterocycles. The predicted molar refractivity (Wildman–Crippen MR) is 126 cm³/mol. The number of nitrogens with zero attached hydrogens (tertiary/aromatic N) is 2. The summed E-state index contributed by atoms with van der Waals surface area (Å²) in [6.07, 6.45) is 2.80. The molecule has 164 valence electrons. The lowest BCUT2D eigenvalue weighted by Gasteiger charge is -2.27. The fourth-order valence-corrected chi connectivity index (χ4v) is 4.28. The highest BCUT2D eigenvalue weighted by Gasteiger charge is 2.22. The molecule has 4 aromatic rings. The molecule has 0 bridgehead atoms. The van der Waals surface area contributed by atoms with Crippen molar-refractivity contribution in [3.63, 3.8) is 0 Å². The Labute approximate surface area is 187 Å². The molecule has 6 heteroatoms. The van der Waals surface area contributed by atoms with Crippen molar-refractivity contribution in [2.45, 2.75) is 45.9 Å². The fraction of sp³-hybridized carbons (Fsp3) is 0.308. The first-order valence-electron chi connectivity index (χ1n) is 11.2. The Hall–Kier alpha value is -3.38. The normalized spacial score (nSPS) is 14.1. The van der Waals surface area contributed by atoms with E-state index in [2.05, 4.69) is 59.2 Å². The first-order valence-corrected chi connectivity index (χ1v) is 11.2. The van der Waals surface area contributed by atoms with E-state index in [9.17, 15) is 4.79 Å². The molecule has 0 fully saturated rings. The van der Waals surface area contributed by atoms with Gasteiger partial charge in [0.05, 0.1) is 5.69 Å². The minimum atomic E-state index is 0.0191. The van der Waals surface area contributed by atoms with E-state index >= 15 is 0 Å². The van der Waals surface area contributed by atoms with Crippen LogP contribution in [-0.2, 0) is 26.1 Å². The third kappa shape index (κ3) is 4.18. The molecule has 32 heavy (non-hydrogen) atoms. The molecule has 0 spiro atoms. The van der Waals surface area contributed by atoms with Gasteiger partial charge >= 0.3 is 0 Å². The average Bonchev–Trinajstić information content (AvgIpc) is 3.20. The molecule has 0 saturated heterocycles. The number of benzene rings is 2. The van der Waals surface area contributed by atoms with Crippen LogP contribution in [0.25, 0.3) is 10.9 Å². The Morgan fingerprint density at radius 2 is 2.00 bits per heavy atom. The second-order valence-electron chi connectivity index (χ2n) is 8.79. The van der Waals surface area contributed by atoms with E-state index in [0.717, 1.165) is 53.4 Å². The molecule has 1 aliphatic rings. The minimum absolute atomic E-state index is 0.0191. The van der Waals surface area contributed by atoms with E-state index in [-0.39, 0.29) is 11.5 Å². The summed E-state index contributed by atoms with van der Waals surface area (Å²) in [5.41, 5.74) is 5.24. The minimum Gasteiger partial charge on any atom is -0.489 e. The van der Waals surface area contributed by atoms with Crippen molar-refractivity contribution in [2.24, 2.45) is 0 Å². The number of aromatic nitrogens is 3. The number of hydrogen-bond donors (Lipinski definition) is 2. The van der Waals surface area contributed by atoms with Crippen LogP contribution >= 0.6 is 0 Å². The maximum Gasteiger partial charge on any atom is 0.254 e. The summed E-state index contributed by atoms with van der Waals surface area (Å²) >= 11 is 0. The predicted octanol–water partition coefficient (Wildman–Crippen LogP) is 4.51. The van der Waals surface area contributed by atoms with Crippen LogP contribution in [0.2, 0.25) is 0 Å². The lowest BCUT2D eigenvalue weighted by Crippen LogP contribution is -2.35. The first kappa shape index (κ1) is 20.5. The fourth-order valence-electron chi connectivity index (χ4n) is 4.28. The molecule has 0 atom stereocenters. The van der Waals surface area contributed by atoms with Crippen molar-refractivity contribution in [3.8, 4) is 5.75 Å². The number of ether oxygens (including phenoxy) is 1. The van der Waals surface area contributed by atoms with Crippen LogP contribution in [0.5, 0.6) is 5.75 Å². The van der Waals surface area contributed by atoms with Gasteiger partial charge in [-0.2, -0.15) is 0 Å². The standard InChI is InChI=1S/C26H28N4O2/c1-17(2)25-28-24-15-30(11-10-21(24)26(31)29-25)14-19-13-27-23-9-8-20(12-22(19)23)32-16-18-6-4-3-5-7-18/h3-9,12-13,17,27H,10-11,14-16H2,1-2H3,(H,28,29,31). The number of rotatable bonds is 6. The number of aromatic amines is 2. The maximum absolute atomic E-state index is 12.5. The molecule has 0 amide bonds. The van der Waals surface area contributed by atoms with E-state index in [1.807, 2.05) is 24.3 Å². The number of fused-ring (bicyclic) bond motifs is 2. The molecule has 1 aliphatic heterocycles. The van der Waals surface area contributed by atoms with Crippen LogP contribution < -0.4 is 10.3 Å². The van der Waals surface area contributed by atoms with Crippen molar-refractivity contribution in [2.75, 3.05) is 6.54 Å². The van der Waals surface area contributed by atoms with Crippen molar-refractivity contribution in [1.82, 2.24) is 19.9 Å². The molecular weight excluding hydrogens is 400 g/mol. The summed E-state index contributed by atoms with van der Waals surface area (Å²) in [6, 6.07) is 16.4. The molecule has 2 N–H and O–H groups in total. The van der Waals surface area contributed by atoms with Gasteiger partial charge < -0.3 is 14.7 Å². The van der Waals surface area contributed by atoms with Crippen molar-refractivity contribution < 1.29 is 4.74 Å². The third-order valence-corrected chi connectivity index (χ3v) is 6.10. The molecular formula is C26H28N4O2. The Morgan fingerprint density at radius 3 is 2.81 bits per heavy atom. The highest BCUT2D eigenvalue weighted by molar-refractivity contribution is 5.84. The molecule has 5 rings (SSSR count). The van der Waals surface area contributed by atoms with E-state index in [0.29, 0.717) is 13.2 Å². The SMILES string of the molecule is CC(C)c1nc2c(c(=O)[nH]1)CCN(Cc1c[nH]c3ccc(OCc4ccccc4)cc13)C2. The second-order valence-corrected chi connectivity index (χ2v) is 8.79. The molecule has 0 saturated carbocycles. The third-order valence-electron chi connectivity index (χ3n) is 6.10. The molecule has 2 aromatic heterocycles. The largest absolute Gasteiger partial charge is 0.489 e. The van der Waals surface area contributed by atoms with Crippen LogP contribution in [0, 0.1) is 0 Å². The molecule has 0 aliphatic carbocycles. The van der Waals surface area contributed by atoms with Crippen molar-refractivity contribution in [3.05, 3.63) is 93.3 Å². The Morgan fingerprint density at radius 1 is 1.16 bits per heavy atom. The van der Waals surface area contributed by atoms with Gasteiger partial charge in [0.15, 0.2) is 0 Å². The summed E-state index contributed by atoms with van der Waals surface area (Å²) in [5, 5.41) is 1.17. The summed E-state index contributed by atoms with van der Waals surface area (Å²) in [6.45, 7) is 6.98. The van der Waals surface area contributed by atoms with Gasteiger partial charge in [0, 0.05) is 48.2 Å². The number of nitrogens with one attached hydrogen (secondary N) is 2. The van der Waals surface area contributed by atoms with E-state index in [4.69, 9.17) is 9.72 Å². The molecule has 0 radical (unpaired) electrons. The van der Waals surface area contributed by atoms with Crippen LogP contribution in [0.4, 0.5) is 0 Å². The van der Waals surface area contributed by atoms with Gasteiger partial charge in [-0.25, -0.2) is 4.98 Å².